The molecule has 30 heavy (non-hydrogen) atoms. The second-order valence-corrected chi connectivity index (χ2v) is 10.1. The summed E-state index contributed by atoms with van der Waals surface area (Å²) in [7, 11) is -2.13. The first-order valence-corrected chi connectivity index (χ1v) is 12.5. The maximum Gasteiger partial charge on any atom is 0.271 e. The molecule has 2 aromatic rings. The van der Waals surface area contributed by atoms with Crippen LogP contribution in [-0.2, 0) is 16.4 Å². The molecule has 0 saturated heterocycles. The Labute approximate surface area is 181 Å². The van der Waals surface area contributed by atoms with Crippen LogP contribution in [0.5, 0.6) is 0 Å². The van der Waals surface area contributed by atoms with Crippen LogP contribution in [0.1, 0.15) is 42.2 Å². The smallest absolute Gasteiger partial charge is 0.271 e. The number of hydrogen-bond acceptors (Lipinski definition) is 7. The molecule has 10 heteroatoms. The van der Waals surface area contributed by atoms with Gasteiger partial charge in [0.2, 0.25) is 10.0 Å². The summed E-state index contributed by atoms with van der Waals surface area (Å²) >= 11 is 1.03. The summed E-state index contributed by atoms with van der Waals surface area (Å²) < 4.78 is 24.3. The number of hydrogen-bond donors (Lipinski definition) is 3. The molecule has 3 atom stereocenters. The Hall–Kier alpha value is -2.01. The van der Waals surface area contributed by atoms with E-state index in [1.807, 2.05) is 37.3 Å². The molecule has 0 radical (unpaired) electrons. The van der Waals surface area contributed by atoms with Crippen LogP contribution < -0.4 is 9.62 Å². The van der Waals surface area contributed by atoms with E-state index >= 15 is 0 Å². The lowest BCUT2D eigenvalue weighted by Gasteiger charge is -2.28. The molecule has 1 heterocycles. The van der Waals surface area contributed by atoms with Gasteiger partial charge in [0.1, 0.15) is 11.8 Å². The van der Waals surface area contributed by atoms with Crippen molar-refractivity contribution in [3.8, 4) is 0 Å². The van der Waals surface area contributed by atoms with E-state index in [1.165, 1.54) is 12.4 Å². The molecule has 166 valence electrons. The van der Waals surface area contributed by atoms with Crippen molar-refractivity contribution in [2.24, 2.45) is 0 Å². The fraction of sp³-hybridized carbons (Fsp3) is 0.500. The largest absolute Gasteiger partial charge is 0.390 e. The van der Waals surface area contributed by atoms with Crippen molar-refractivity contribution in [1.29, 1.82) is 0 Å². The van der Waals surface area contributed by atoms with Gasteiger partial charge >= 0.3 is 0 Å². The average Bonchev–Trinajstić information content (AvgIpc) is 3.20. The molecule has 3 N–H and O–H groups in total. The van der Waals surface area contributed by atoms with Crippen LogP contribution in [0.4, 0.5) is 5.13 Å². The number of aromatic nitrogens is 1. The summed E-state index contributed by atoms with van der Waals surface area (Å²) in [6.45, 7) is 2.00. The Morgan fingerprint density at radius 2 is 1.93 bits per heavy atom. The number of unbranched alkanes of at least 4 members (excludes halogenated alkanes) is 1. The van der Waals surface area contributed by atoms with Gasteiger partial charge in [0.25, 0.3) is 5.91 Å². The van der Waals surface area contributed by atoms with Crippen molar-refractivity contribution in [2.45, 2.75) is 50.9 Å². The number of aliphatic hydroxyl groups is 2. The second kappa shape index (κ2) is 10.9. The molecule has 8 nitrogen and oxygen atoms in total. The van der Waals surface area contributed by atoms with E-state index < -0.39 is 34.2 Å². The molecule has 0 fully saturated rings. The Morgan fingerprint density at radius 3 is 2.53 bits per heavy atom. The van der Waals surface area contributed by atoms with Crippen LogP contribution in [0, 0.1) is 0 Å². The third-order valence-corrected chi connectivity index (χ3v) is 6.97. The number of nitrogens with one attached hydrogen (secondary N) is 1. The minimum absolute atomic E-state index is 0.0545. The molecular formula is C20H29N3O5S2. The molecule has 0 spiro atoms. The highest BCUT2D eigenvalue weighted by Crippen LogP contribution is 2.22. The van der Waals surface area contributed by atoms with E-state index in [-0.39, 0.29) is 10.8 Å². The summed E-state index contributed by atoms with van der Waals surface area (Å²) in [5.74, 6) is -0.540. The number of benzene rings is 1. The van der Waals surface area contributed by atoms with Gasteiger partial charge in [-0.25, -0.2) is 17.7 Å². The number of carbonyl (C=O) groups excluding carboxylic acids is 1. The van der Waals surface area contributed by atoms with Crippen LogP contribution in [0.25, 0.3) is 0 Å². The maximum atomic E-state index is 12.7. The van der Waals surface area contributed by atoms with Crippen molar-refractivity contribution in [3.05, 3.63) is 47.0 Å². The quantitative estimate of drug-likeness (QED) is 0.475. The maximum absolute atomic E-state index is 12.7. The number of thiazole rings is 1. The van der Waals surface area contributed by atoms with Gasteiger partial charge in [-0.1, -0.05) is 50.1 Å². The summed E-state index contributed by atoms with van der Waals surface area (Å²) in [5.41, 5.74) is 0.958. The number of sulfonamides is 1. The highest BCUT2D eigenvalue weighted by molar-refractivity contribution is 7.92. The summed E-state index contributed by atoms with van der Waals surface area (Å²) in [6, 6.07) is 8.63. The van der Waals surface area contributed by atoms with E-state index in [2.05, 4.69) is 10.3 Å². The predicted molar refractivity (Wildman–Crippen MR) is 118 cm³/mol. The van der Waals surface area contributed by atoms with Crippen LogP contribution in [0.3, 0.4) is 0 Å². The molecule has 0 aliphatic rings. The monoisotopic (exact) mass is 455 g/mol. The molecule has 1 amide bonds. The molecule has 1 aromatic heterocycles. The van der Waals surface area contributed by atoms with Crippen LogP contribution >= 0.6 is 11.3 Å². The first-order valence-electron chi connectivity index (χ1n) is 9.73. The molecule has 0 aliphatic heterocycles. The first kappa shape index (κ1) is 24.3. The lowest BCUT2D eigenvalue weighted by molar-refractivity contribution is -0.00817. The number of aliphatic hydroxyl groups excluding tert-OH is 2. The third-order valence-electron chi connectivity index (χ3n) is 4.77. The first-order chi connectivity index (χ1) is 14.1. The topological polar surface area (TPSA) is 120 Å². The van der Waals surface area contributed by atoms with E-state index in [9.17, 15) is 23.4 Å². The fourth-order valence-corrected chi connectivity index (χ4v) is 4.41. The Balaban J connectivity index is 2.18. The Bertz CT molecular complexity index is 918. The highest BCUT2D eigenvalue weighted by atomic mass is 32.2. The number of anilines is 1. The van der Waals surface area contributed by atoms with E-state index in [1.54, 1.807) is 0 Å². The normalized spacial score (nSPS) is 14.7. The van der Waals surface area contributed by atoms with Crippen LogP contribution in [0.2, 0.25) is 0 Å². The lowest BCUT2D eigenvalue weighted by atomic mass is 9.95. The molecule has 3 unspecified atom stereocenters. The van der Waals surface area contributed by atoms with Gasteiger partial charge in [-0.05, 0) is 18.4 Å². The van der Waals surface area contributed by atoms with E-state index in [0.29, 0.717) is 12.8 Å². The van der Waals surface area contributed by atoms with Crippen molar-refractivity contribution in [1.82, 2.24) is 10.3 Å². The van der Waals surface area contributed by atoms with Gasteiger partial charge in [-0.15, -0.1) is 11.3 Å². The summed E-state index contributed by atoms with van der Waals surface area (Å²) in [4.78, 5) is 16.8. The van der Waals surface area contributed by atoms with Crippen molar-refractivity contribution in [2.75, 3.05) is 17.6 Å². The van der Waals surface area contributed by atoms with Crippen molar-refractivity contribution >= 4 is 32.4 Å². The fourth-order valence-electron chi connectivity index (χ4n) is 2.87. The molecule has 0 saturated carbocycles. The molecule has 0 aliphatic carbocycles. The Morgan fingerprint density at radius 1 is 1.27 bits per heavy atom. The van der Waals surface area contributed by atoms with Crippen LogP contribution in [0.15, 0.2) is 35.7 Å². The minimum atomic E-state index is -3.49. The van der Waals surface area contributed by atoms with Crippen molar-refractivity contribution < 1.29 is 23.4 Å². The number of nitrogens with zero attached hydrogens (tertiary/aromatic N) is 2. The average molecular weight is 456 g/mol. The Kier molecular flexibility index (Phi) is 8.78. The van der Waals surface area contributed by atoms with Gasteiger partial charge in [0.05, 0.1) is 18.4 Å². The SMILES string of the molecule is CCCCC(O)C(O)C(Cc1ccccc1)NC(=O)c1csc(N(C)S(C)(=O)=O)n1. The minimum Gasteiger partial charge on any atom is -0.390 e. The highest BCUT2D eigenvalue weighted by Gasteiger charge is 2.29. The summed E-state index contributed by atoms with van der Waals surface area (Å²) in [5, 5.41) is 25.4. The van der Waals surface area contributed by atoms with Gasteiger partial charge in [-0.2, -0.15) is 0 Å². The molecule has 0 bridgehead atoms. The molecular weight excluding hydrogens is 426 g/mol. The van der Waals surface area contributed by atoms with Gasteiger partial charge in [0.15, 0.2) is 5.13 Å². The molecule has 2 rings (SSSR count). The predicted octanol–water partition coefficient (Wildman–Crippen LogP) is 1.79. The van der Waals surface area contributed by atoms with Gasteiger partial charge in [-0.3, -0.25) is 4.79 Å². The van der Waals surface area contributed by atoms with E-state index in [4.69, 9.17) is 0 Å². The van der Waals surface area contributed by atoms with Crippen molar-refractivity contribution in [3.63, 3.8) is 0 Å². The summed E-state index contributed by atoms with van der Waals surface area (Å²) in [6.07, 6.45) is 1.33. The van der Waals surface area contributed by atoms with Gasteiger partial charge in [0, 0.05) is 12.4 Å². The lowest BCUT2D eigenvalue weighted by Crippen LogP contribution is -2.49. The van der Waals surface area contributed by atoms with Crippen LogP contribution in [-0.4, -0.2) is 61.1 Å². The number of rotatable bonds is 11. The number of carbonyl (C=O) groups is 1. The van der Waals surface area contributed by atoms with E-state index in [0.717, 1.165) is 40.3 Å². The zero-order valence-corrected chi connectivity index (χ0v) is 19.0. The third kappa shape index (κ3) is 6.76. The zero-order chi connectivity index (χ0) is 22.3. The second-order valence-electron chi connectivity index (χ2n) is 7.22. The molecule has 1 aromatic carbocycles. The zero-order valence-electron chi connectivity index (χ0n) is 17.4. The standard InChI is InChI=1S/C20H29N3O5S2/c1-4-5-11-17(24)18(25)15(12-14-9-7-6-8-10-14)21-19(26)16-13-29-20(22-16)23(2)30(3,27)28/h6-10,13,15,17-18,24-25H,4-5,11-12H2,1-3H3,(H,21,26). The number of amides is 1. The van der Waals surface area contributed by atoms with Gasteiger partial charge < -0.3 is 15.5 Å².